The number of carbonyl (C=O) groups is 1. The van der Waals surface area contributed by atoms with Crippen LogP contribution in [-0.2, 0) is 6.54 Å². The van der Waals surface area contributed by atoms with Crippen molar-refractivity contribution in [2.75, 3.05) is 5.73 Å². The van der Waals surface area contributed by atoms with Crippen molar-refractivity contribution in [1.29, 1.82) is 0 Å². The Morgan fingerprint density at radius 2 is 2.05 bits per heavy atom. The van der Waals surface area contributed by atoms with E-state index in [1.165, 1.54) is 24.4 Å². The number of carbonyl (C=O) groups excluding carboxylic acids is 1. The highest BCUT2D eigenvalue weighted by Gasteiger charge is 2.09. The maximum atomic E-state index is 11.9. The number of nitro benzene ring substituents is 1. The highest BCUT2D eigenvalue weighted by atomic mass is 35.5. The number of benzene rings is 1. The van der Waals surface area contributed by atoms with Gasteiger partial charge in [-0.2, -0.15) is 0 Å². The number of aromatic nitrogens is 1. The first-order valence-electron chi connectivity index (χ1n) is 5.90. The van der Waals surface area contributed by atoms with Crippen LogP contribution in [0.15, 0.2) is 36.5 Å². The summed E-state index contributed by atoms with van der Waals surface area (Å²) in [6.45, 7) is 0.235. The maximum Gasteiger partial charge on any atom is 0.269 e. The van der Waals surface area contributed by atoms with Crippen LogP contribution in [0.3, 0.4) is 0 Å². The molecule has 8 heteroatoms. The number of nitrogens with zero attached hydrogens (tertiary/aromatic N) is 2. The molecule has 0 radical (unpaired) electrons. The van der Waals surface area contributed by atoms with Crippen LogP contribution >= 0.6 is 11.6 Å². The summed E-state index contributed by atoms with van der Waals surface area (Å²) >= 11 is 5.79. The third kappa shape index (κ3) is 3.67. The molecule has 0 saturated carbocycles. The predicted octanol–water partition coefficient (Wildman–Crippen LogP) is 2.16. The summed E-state index contributed by atoms with van der Waals surface area (Å²) in [5.41, 5.74) is 6.49. The summed E-state index contributed by atoms with van der Waals surface area (Å²) < 4.78 is 0. The van der Waals surface area contributed by atoms with Gasteiger partial charge >= 0.3 is 0 Å². The average molecular weight is 307 g/mol. The van der Waals surface area contributed by atoms with Crippen LogP contribution in [0.4, 0.5) is 11.5 Å². The second kappa shape index (κ2) is 6.19. The first kappa shape index (κ1) is 14.7. The average Bonchev–Trinajstić information content (AvgIpc) is 2.48. The van der Waals surface area contributed by atoms with Gasteiger partial charge in [-0.05, 0) is 11.6 Å². The highest BCUT2D eigenvalue weighted by molar-refractivity contribution is 6.33. The lowest BCUT2D eigenvalue weighted by Crippen LogP contribution is -2.23. The normalized spacial score (nSPS) is 10.1. The molecule has 0 aliphatic rings. The lowest BCUT2D eigenvalue weighted by atomic mass is 10.2. The van der Waals surface area contributed by atoms with E-state index in [4.69, 9.17) is 17.3 Å². The fourth-order valence-electron chi connectivity index (χ4n) is 1.59. The lowest BCUT2D eigenvalue weighted by molar-refractivity contribution is -0.384. The molecule has 1 amide bonds. The van der Waals surface area contributed by atoms with Gasteiger partial charge in [0.15, 0.2) is 0 Å². The van der Waals surface area contributed by atoms with Crippen molar-refractivity contribution in [3.8, 4) is 0 Å². The summed E-state index contributed by atoms with van der Waals surface area (Å²) in [5, 5.41) is 13.4. The Morgan fingerprint density at radius 3 is 2.62 bits per heavy atom. The van der Waals surface area contributed by atoms with Gasteiger partial charge in [-0.3, -0.25) is 14.9 Å². The molecule has 0 bridgehead atoms. The van der Waals surface area contributed by atoms with Crippen molar-refractivity contribution in [2.45, 2.75) is 6.54 Å². The molecular weight excluding hydrogens is 296 g/mol. The summed E-state index contributed by atoms with van der Waals surface area (Å²) in [6.07, 6.45) is 1.33. The van der Waals surface area contributed by atoms with Crippen LogP contribution in [0, 0.1) is 10.1 Å². The number of hydrogen-bond donors (Lipinski definition) is 2. The Labute approximate surface area is 124 Å². The number of nitro groups is 1. The number of nitrogens with one attached hydrogen (secondary N) is 1. The van der Waals surface area contributed by atoms with Crippen molar-refractivity contribution < 1.29 is 9.72 Å². The largest absolute Gasteiger partial charge is 0.382 e. The maximum absolute atomic E-state index is 11.9. The van der Waals surface area contributed by atoms with Gasteiger partial charge in [0.25, 0.3) is 11.6 Å². The zero-order valence-electron chi connectivity index (χ0n) is 10.7. The number of anilines is 1. The molecule has 1 aromatic heterocycles. The molecule has 0 aliphatic carbocycles. The Bertz CT molecular complexity index is 688. The van der Waals surface area contributed by atoms with Crippen molar-refractivity contribution in [3.63, 3.8) is 0 Å². The molecule has 0 fully saturated rings. The molecule has 0 spiro atoms. The molecule has 3 N–H and O–H groups in total. The molecule has 1 aromatic carbocycles. The molecule has 1 heterocycles. The zero-order valence-corrected chi connectivity index (χ0v) is 11.5. The number of non-ortho nitro benzene ring substituents is 1. The molecule has 21 heavy (non-hydrogen) atoms. The van der Waals surface area contributed by atoms with Crippen molar-refractivity contribution in [3.05, 3.63) is 62.8 Å². The van der Waals surface area contributed by atoms with Crippen LogP contribution in [0.2, 0.25) is 5.02 Å². The number of nitrogen functional groups attached to an aromatic ring is 1. The minimum atomic E-state index is -0.482. The van der Waals surface area contributed by atoms with Gasteiger partial charge in [0.1, 0.15) is 5.82 Å². The number of nitrogens with two attached hydrogens (primary N) is 1. The Morgan fingerprint density at radius 1 is 1.38 bits per heavy atom. The zero-order chi connectivity index (χ0) is 15.4. The summed E-state index contributed by atoms with van der Waals surface area (Å²) in [5.74, 6) is -0.202. The van der Waals surface area contributed by atoms with E-state index in [-0.39, 0.29) is 34.5 Å². The Hall–Kier alpha value is -2.67. The van der Waals surface area contributed by atoms with Crippen LogP contribution in [0.5, 0.6) is 0 Å². The summed E-state index contributed by atoms with van der Waals surface area (Å²) in [7, 11) is 0. The first-order valence-corrected chi connectivity index (χ1v) is 6.27. The van der Waals surface area contributed by atoms with Crippen LogP contribution in [0.1, 0.15) is 15.9 Å². The molecule has 0 aliphatic heterocycles. The first-order chi connectivity index (χ1) is 9.97. The van der Waals surface area contributed by atoms with E-state index in [1.54, 1.807) is 12.1 Å². The van der Waals surface area contributed by atoms with E-state index in [9.17, 15) is 14.9 Å². The van der Waals surface area contributed by atoms with Crippen LogP contribution in [-0.4, -0.2) is 15.8 Å². The standard InChI is InChI=1S/C13H11ClN4O3/c14-11-5-9(7-16-12(11)15)13(19)17-6-8-1-3-10(4-2-8)18(20)21/h1-5,7H,6H2,(H2,15,16)(H,17,19). The van der Waals surface area contributed by atoms with Gasteiger partial charge in [-0.1, -0.05) is 23.7 Å². The fraction of sp³-hybridized carbons (Fsp3) is 0.0769. The number of pyridine rings is 1. The molecule has 7 nitrogen and oxygen atoms in total. The van der Waals surface area contributed by atoms with Crippen molar-refractivity contribution in [2.24, 2.45) is 0 Å². The molecule has 108 valence electrons. The van der Waals surface area contributed by atoms with Gasteiger partial charge in [0.05, 0.1) is 15.5 Å². The SMILES string of the molecule is Nc1ncc(C(=O)NCc2ccc([N+](=O)[O-])cc2)cc1Cl. The Balaban J connectivity index is 2.00. The molecule has 0 atom stereocenters. The number of rotatable bonds is 4. The molecule has 2 aromatic rings. The van der Waals surface area contributed by atoms with E-state index in [0.717, 1.165) is 5.56 Å². The summed E-state index contributed by atoms with van der Waals surface area (Å²) in [6, 6.07) is 7.33. The fourth-order valence-corrected chi connectivity index (χ4v) is 1.76. The third-order valence-corrected chi connectivity index (χ3v) is 3.03. The van der Waals surface area contributed by atoms with Gasteiger partial charge in [0, 0.05) is 24.9 Å². The topological polar surface area (TPSA) is 111 Å². The van der Waals surface area contributed by atoms with Gasteiger partial charge in [0.2, 0.25) is 0 Å². The highest BCUT2D eigenvalue weighted by Crippen LogP contribution is 2.17. The molecule has 2 rings (SSSR count). The quantitative estimate of drug-likeness (QED) is 0.664. The van der Waals surface area contributed by atoms with Gasteiger partial charge in [-0.15, -0.1) is 0 Å². The molecule has 0 saturated heterocycles. The van der Waals surface area contributed by atoms with Crippen molar-refractivity contribution in [1.82, 2.24) is 10.3 Å². The predicted molar refractivity (Wildman–Crippen MR) is 77.9 cm³/mol. The van der Waals surface area contributed by atoms with Crippen LogP contribution in [0.25, 0.3) is 0 Å². The molecule has 0 unspecified atom stereocenters. The monoisotopic (exact) mass is 306 g/mol. The molecular formula is C13H11ClN4O3. The smallest absolute Gasteiger partial charge is 0.269 e. The van der Waals surface area contributed by atoms with Gasteiger partial charge in [-0.25, -0.2) is 4.98 Å². The van der Waals surface area contributed by atoms with E-state index in [1.807, 2.05) is 0 Å². The van der Waals surface area contributed by atoms with Crippen LogP contribution < -0.4 is 11.1 Å². The van der Waals surface area contributed by atoms with Crippen molar-refractivity contribution >= 4 is 29.0 Å². The third-order valence-electron chi connectivity index (χ3n) is 2.73. The van der Waals surface area contributed by atoms with E-state index in [2.05, 4.69) is 10.3 Å². The van der Waals surface area contributed by atoms with E-state index >= 15 is 0 Å². The second-order valence-electron chi connectivity index (χ2n) is 4.20. The number of halogens is 1. The number of amides is 1. The van der Waals surface area contributed by atoms with E-state index in [0.29, 0.717) is 0 Å². The summed E-state index contributed by atoms with van der Waals surface area (Å²) in [4.78, 5) is 25.7. The van der Waals surface area contributed by atoms with Gasteiger partial charge < -0.3 is 11.1 Å². The van der Waals surface area contributed by atoms with E-state index < -0.39 is 4.92 Å². The minimum Gasteiger partial charge on any atom is -0.382 e. The number of hydrogen-bond acceptors (Lipinski definition) is 5. The Kier molecular flexibility index (Phi) is 4.34. The lowest BCUT2D eigenvalue weighted by Gasteiger charge is -2.06. The second-order valence-corrected chi connectivity index (χ2v) is 4.60. The minimum absolute atomic E-state index is 0.000377.